The van der Waals surface area contributed by atoms with Crippen molar-refractivity contribution in [3.8, 4) is 5.75 Å². The van der Waals surface area contributed by atoms with Gasteiger partial charge in [0.25, 0.3) is 0 Å². The highest BCUT2D eigenvalue weighted by Gasteiger charge is 2.41. The van der Waals surface area contributed by atoms with Crippen molar-refractivity contribution in [3.05, 3.63) is 30.3 Å². The van der Waals surface area contributed by atoms with E-state index in [2.05, 4.69) is 33.0 Å². The zero-order chi connectivity index (χ0) is 14.6. The minimum atomic E-state index is 0.191. The van der Waals surface area contributed by atoms with E-state index in [1.165, 1.54) is 12.8 Å². The quantitative estimate of drug-likeness (QED) is 0.803. The maximum Gasteiger partial charge on any atom is 0.119 e. The van der Waals surface area contributed by atoms with E-state index in [0.29, 0.717) is 5.41 Å². The second-order valence-electron chi connectivity index (χ2n) is 7.44. The van der Waals surface area contributed by atoms with Gasteiger partial charge in [-0.25, -0.2) is 0 Å². The maximum absolute atomic E-state index is 5.88. The van der Waals surface area contributed by atoms with Gasteiger partial charge in [0, 0.05) is 12.1 Å². The Hall–Kier alpha value is -1.02. The summed E-state index contributed by atoms with van der Waals surface area (Å²) in [6, 6.07) is 10.1. The Morgan fingerprint density at radius 3 is 2.30 bits per heavy atom. The van der Waals surface area contributed by atoms with Gasteiger partial charge in [-0.3, -0.25) is 0 Å². The van der Waals surface area contributed by atoms with E-state index in [9.17, 15) is 0 Å². The molecule has 1 aromatic rings. The third kappa shape index (κ3) is 4.82. The lowest BCUT2D eigenvalue weighted by atomic mass is 9.81. The van der Waals surface area contributed by atoms with Crippen LogP contribution < -0.4 is 10.1 Å². The van der Waals surface area contributed by atoms with Crippen LogP contribution in [-0.4, -0.2) is 18.7 Å². The molecule has 0 bridgehead atoms. The van der Waals surface area contributed by atoms with Gasteiger partial charge in [-0.2, -0.15) is 0 Å². The van der Waals surface area contributed by atoms with E-state index < -0.39 is 0 Å². The van der Waals surface area contributed by atoms with Crippen LogP contribution in [-0.2, 0) is 0 Å². The Labute approximate surface area is 123 Å². The molecule has 1 unspecified atom stereocenters. The Morgan fingerprint density at radius 2 is 1.75 bits per heavy atom. The summed E-state index contributed by atoms with van der Waals surface area (Å²) in [5.41, 5.74) is 0.554. The molecule has 1 saturated carbocycles. The molecule has 1 aliphatic rings. The second-order valence-corrected chi connectivity index (χ2v) is 7.44. The highest BCUT2D eigenvalue weighted by molar-refractivity contribution is 5.20. The molecule has 1 fully saturated rings. The van der Waals surface area contributed by atoms with Gasteiger partial charge >= 0.3 is 0 Å². The van der Waals surface area contributed by atoms with Crippen LogP contribution in [0.1, 0.15) is 47.0 Å². The van der Waals surface area contributed by atoms with Crippen LogP contribution in [0.15, 0.2) is 30.3 Å². The van der Waals surface area contributed by atoms with E-state index in [1.807, 2.05) is 30.3 Å². The first-order valence-corrected chi connectivity index (χ1v) is 7.82. The van der Waals surface area contributed by atoms with Gasteiger partial charge in [0.2, 0.25) is 0 Å². The average Bonchev–Trinajstić information content (AvgIpc) is 3.22. The number of benzene rings is 1. The summed E-state index contributed by atoms with van der Waals surface area (Å²) in [6.07, 6.45) is 3.89. The molecule has 2 nitrogen and oxygen atoms in total. The van der Waals surface area contributed by atoms with Crippen molar-refractivity contribution in [2.24, 2.45) is 11.3 Å². The summed E-state index contributed by atoms with van der Waals surface area (Å²) >= 11 is 0. The molecule has 0 aliphatic heterocycles. The van der Waals surface area contributed by atoms with E-state index in [0.717, 1.165) is 31.2 Å². The molecule has 2 heteroatoms. The number of hydrogen-bond donors (Lipinski definition) is 1. The standard InChI is InChI=1S/C18H29NO/c1-17(2,3)19-14-18(4,15-10-11-15)12-13-20-16-8-6-5-7-9-16/h5-9,15,19H,10-14H2,1-4H3. The van der Waals surface area contributed by atoms with Crippen molar-refractivity contribution >= 4 is 0 Å². The van der Waals surface area contributed by atoms with Crippen LogP contribution >= 0.6 is 0 Å². The molecule has 2 rings (SSSR count). The average molecular weight is 275 g/mol. The van der Waals surface area contributed by atoms with Crippen LogP contribution in [0.25, 0.3) is 0 Å². The first-order valence-electron chi connectivity index (χ1n) is 7.82. The monoisotopic (exact) mass is 275 g/mol. The molecule has 0 spiro atoms. The van der Waals surface area contributed by atoms with Crippen LogP contribution in [0, 0.1) is 11.3 Å². The highest BCUT2D eigenvalue weighted by Crippen LogP contribution is 2.47. The number of para-hydroxylation sites is 1. The zero-order valence-corrected chi connectivity index (χ0v) is 13.4. The summed E-state index contributed by atoms with van der Waals surface area (Å²) < 4.78 is 5.88. The summed E-state index contributed by atoms with van der Waals surface area (Å²) in [7, 11) is 0. The SMILES string of the molecule is CC(C)(C)NCC(C)(CCOc1ccccc1)C1CC1. The molecular formula is C18H29NO. The van der Waals surface area contributed by atoms with Gasteiger partial charge in [-0.15, -0.1) is 0 Å². The maximum atomic E-state index is 5.88. The molecule has 0 radical (unpaired) electrons. The predicted molar refractivity (Wildman–Crippen MR) is 85.1 cm³/mol. The normalized spacial score (nSPS) is 18.6. The number of hydrogen-bond acceptors (Lipinski definition) is 2. The van der Waals surface area contributed by atoms with Gasteiger partial charge in [0.15, 0.2) is 0 Å². The molecule has 0 aromatic heterocycles. The van der Waals surface area contributed by atoms with Crippen molar-refractivity contribution in [2.45, 2.75) is 52.5 Å². The summed E-state index contributed by atoms with van der Waals surface area (Å²) in [5, 5.41) is 3.68. The summed E-state index contributed by atoms with van der Waals surface area (Å²) in [4.78, 5) is 0. The minimum Gasteiger partial charge on any atom is -0.494 e. The molecule has 112 valence electrons. The van der Waals surface area contributed by atoms with Crippen LogP contribution in [0.2, 0.25) is 0 Å². The molecule has 20 heavy (non-hydrogen) atoms. The summed E-state index contributed by atoms with van der Waals surface area (Å²) in [6.45, 7) is 11.0. The zero-order valence-electron chi connectivity index (χ0n) is 13.4. The lowest BCUT2D eigenvalue weighted by Crippen LogP contribution is -2.44. The van der Waals surface area contributed by atoms with Gasteiger partial charge in [0.1, 0.15) is 5.75 Å². The van der Waals surface area contributed by atoms with Crippen molar-refractivity contribution in [3.63, 3.8) is 0 Å². The molecule has 0 amide bonds. The van der Waals surface area contributed by atoms with Gasteiger partial charge in [-0.1, -0.05) is 25.1 Å². The molecule has 0 heterocycles. The van der Waals surface area contributed by atoms with E-state index >= 15 is 0 Å². The lowest BCUT2D eigenvalue weighted by Gasteiger charge is -2.34. The van der Waals surface area contributed by atoms with Crippen molar-refractivity contribution in [2.75, 3.05) is 13.2 Å². The van der Waals surface area contributed by atoms with Crippen LogP contribution in [0.4, 0.5) is 0 Å². The first-order chi connectivity index (χ1) is 9.39. The number of nitrogens with one attached hydrogen (secondary N) is 1. The fourth-order valence-corrected chi connectivity index (χ4v) is 2.60. The molecule has 1 aliphatic carbocycles. The van der Waals surface area contributed by atoms with Crippen LogP contribution in [0.3, 0.4) is 0 Å². The Kier molecular flexibility index (Phi) is 4.74. The van der Waals surface area contributed by atoms with E-state index in [1.54, 1.807) is 0 Å². The Bertz CT molecular complexity index is 405. The molecule has 1 atom stereocenters. The Morgan fingerprint density at radius 1 is 1.10 bits per heavy atom. The molecule has 1 aromatic carbocycles. The fraction of sp³-hybridized carbons (Fsp3) is 0.667. The minimum absolute atomic E-state index is 0.191. The first kappa shape index (κ1) is 15.4. The largest absolute Gasteiger partial charge is 0.494 e. The van der Waals surface area contributed by atoms with Crippen LogP contribution in [0.5, 0.6) is 5.75 Å². The van der Waals surface area contributed by atoms with Gasteiger partial charge in [0.05, 0.1) is 6.61 Å². The topological polar surface area (TPSA) is 21.3 Å². The summed E-state index contributed by atoms with van der Waals surface area (Å²) in [5.74, 6) is 1.85. The third-order valence-electron chi connectivity index (χ3n) is 4.27. The third-order valence-corrected chi connectivity index (χ3v) is 4.27. The Balaban J connectivity index is 1.83. The predicted octanol–water partition coefficient (Wildman–Crippen LogP) is 4.26. The molecular weight excluding hydrogens is 246 g/mol. The number of rotatable bonds is 7. The van der Waals surface area contributed by atoms with Gasteiger partial charge < -0.3 is 10.1 Å². The number of ether oxygens (including phenoxy) is 1. The molecule has 1 N–H and O–H groups in total. The van der Waals surface area contributed by atoms with E-state index in [4.69, 9.17) is 4.74 Å². The lowest BCUT2D eigenvalue weighted by molar-refractivity contribution is 0.167. The molecule has 0 saturated heterocycles. The fourth-order valence-electron chi connectivity index (χ4n) is 2.60. The van der Waals surface area contributed by atoms with Crippen molar-refractivity contribution in [1.82, 2.24) is 5.32 Å². The van der Waals surface area contributed by atoms with E-state index in [-0.39, 0.29) is 5.54 Å². The second kappa shape index (κ2) is 6.17. The van der Waals surface area contributed by atoms with Crippen molar-refractivity contribution < 1.29 is 4.74 Å². The van der Waals surface area contributed by atoms with Gasteiger partial charge in [-0.05, 0) is 63.5 Å². The highest BCUT2D eigenvalue weighted by atomic mass is 16.5. The smallest absolute Gasteiger partial charge is 0.119 e. The van der Waals surface area contributed by atoms with Crippen molar-refractivity contribution in [1.29, 1.82) is 0 Å².